The highest BCUT2D eigenvalue weighted by Crippen LogP contribution is 2.13. The summed E-state index contributed by atoms with van der Waals surface area (Å²) in [4.78, 5) is 41.7. The molecule has 0 atom stereocenters. The Morgan fingerprint density at radius 1 is 1.12 bits per heavy atom. The number of pyridine rings is 1. The van der Waals surface area contributed by atoms with E-state index in [0.29, 0.717) is 39.0 Å². The van der Waals surface area contributed by atoms with Gasteiger partial charge in [-0.2, -0.15) is 0 Å². The maximum atomic E-state index is 12.4. The molecule has 1 aromatic heterocycles. The average Bonchev–Trinajstić information content (AvgIpc) is 2.78. The molecule has 0 radical (unpaired) electrons. The normalized spacial score (nSPS) is 15.6. The lowest BCUT2D eigenvalue weighted by Crippen LogP contribution is -2.40. The number of ether oxygens (including phenoxy) is 1. The maximum Gasteiger partial charge on any atom is 0.410 e. The van der Waals surface area contributed by atoms with Gasteiger partial charge in [-0.25, -0.2) is 4.79 Å². The van der Waals surface area contributed by atoms with Gasteiger partial charge in [-0.15, -0.1) is 0 Å². The van der Waals surface area contributed by atoms with Crippen molar-refractivity contribution in [2.75, 3.05) is 26.2 Å². The lowest BCUT2D eigenvalue weighted by molar-refractivity contribution is -0.131. The van der Waals surface area contributed by atoms with E-state index in [-0.39, 0.29) is 17.6 Å². The Hall–Kier alpha value is -2.31. The van der Waals surface area contributed by atoms with Crippen LogP contribution in [0, 0.1) is 0 Å². The summed E-state index contributed by atoms with van der Waals surface area (Å²) in [5.74, 6) is 0.0669. The van der Waals surface area contributed by atoms with Crippen LogP contribution in [-0.4, -0.2) is 58.6 Å². The minimum atomic E-state index is -0.518. The van der Waals surface area contributed by atoms with E-state index in [1.165, 1.54) is 6.07 Å². The zero-order valence-corrected chi connectivity index (χ0v) is 15.2. The Morgan fingerprint density at radius 3 is 2.44 bits per heavy atom. The highest BCUT2D eigenvalue weighted by molar-refractivity contribution is 5.76. The largest absolute Gasteiger partial charge is 0.444 e. The first-order chi connectivity index (χ1) is 11.7. The number of H-pyrrole nitrogens is 1. The van der Waals surface area contributed by atoms with E-state index in [9.17, 15) is 14.4 Å². The molecule has 1 N–H and O–H groups in total. The summed E-state index contributed by atoms with van der Waals surface area (Å²) in [5.41, 5.74) is 0.262. The number of aromatic nitrogens is 1. The van der Waals surface area contributed by atoms with E-state index < -0.39 is 5.60 Å². The number of carbonyl (C=O) groups is 2. The fourth-order valence-electron chi connectivity index (χ4n) is 2.68. The molecule has 0 unspecified atom stereocenters. The van der Waals surface area contributed by atoms with Crippen LogP contribution < -0.4 is 5.56 Å². The third-order valence-electron chi connectivity index (χ3n) is 3.98. The molecule has 25 heavy (non-hydrogen) atoms. The van der Waals surface area contributed by atoms with Gasteiger partial charge in [-0.05, 0) is 39.2 Å². The topological polar surface area (TPSA) is 82.7 Å². The molecule has 2 heterocycles. The predicted molar refractivity (Wildman–Crippen MR) is 94.4 cm³/mol. The summed E-state index contributed by atoms with van der Waals surface area (Å²) in [7, 11) is 0. The SMILES string of the molecule is CC(C)(C)OC(=O)N1CCCN(C(=O)CCc2ccc(=O)[nH]c2)CC1. The molecular weight excluding hydrogens is 322 g/mol. The van der Waals surface area contributed by atoms with Crippen LogP contribution in [0.5, 0.6) is 0 Å². The van der Waals surface area contributed by atoms with Crippen LogP contribution in [0.1, 0.15) is 39.2 Å². The van der Waals surface area contributed by atoms with Gasteiger partial charge >= 0.3 is 6.09 Å². The van der Waals surface area contributed by atoms with Crippen LogP contribution in [-0.2, 0) is 16.0 Å². The average molecular weight is 349 g/mol. The number of aromatic amines is 1. The monoisotopic (exact) mass is 349 g/mol. The van der Waals surface area contributed by atoms with E-state index in [2.05, 4.69) is 4.98 Å². The van der Waals surface area contributed by atoms with Crippen molar-refractivity contribution in [3.05, 3.63) is 34.2 Å². The quantitative estimate of drug-likeness (QED) is 0.902. The Morgan fingerprint density at radius 2 is 1.80 bits per heavy atom. The maximum absolute atomic E-state index is 12.4. The highest BCUT2D eigenvalue weighted by Gasteiger charge is 2.25. The summed E-state index contributed by atoms with van der Waals surface area (Å²) in [6.07, 6.45) is 3.03. The van der Waals surface area contributed by atoms with Crippen molar-refractivity contribution >= 4 is 12.0 Å². The molecule has 0 aliphatic carbocycles. The van der Waals surface area contributed by atoms with Crippen molar-refractivity contribution in [1.82, 2.24) is 14.8 Å². The zero-order chi connectivity index (χ0) is 18.4. The minimum Gasteiger partial charge on any atom is -0.444 e. The molecule has 0 saturated carbocycles. The molecular formula is C18H27N3O4. The van der Waals surface area contributed by atoms with Crippen LogP contribution in [0.25, 0.3) is 0 Å². The number of nitrogens with zero attached hydrogens (tertiary/aromatic N) is 2. The van der Waals surface area contributed by atoms with Crippen LogP contribution in [0.3, 0.4) is 0 Å². The second kappa shape index (κ2) is 8.18. The van der Waals surface area contributed by atoms with Gasteiger partial charge in [-0.1, -0.05) is 6.07 Å². The Kier molecular flexibility index (Phi) is 6.22. The van der Waals surface area contributed by atoms with Gasteiger partial charge in [0, 0.05) is 44.9 Å². The van der Waals surface area contributed by atoms with Crippen LogP contribution >= 0.6 is 0 Å². The van der Waals surface area contributed by atoms with Crippen molar-refractivity contribution in [3.8, 4) is 0 Å². The van der Waals surface area contributed by atoms with Gasteiger partial charge in [0.15, 0.2) is 0 Å². The Balaban J connectivity index is 1.83. The number of hydrogen-bond donors (Lipinski definition) is 1. The van der Waals surface area contributed by atoms with E-state index in [4.69, 9.17) is 4.74 Å². The lowest BCUT2D eigenvalue weighted by atomic mass is 10.1. The standard InChI is InChI=1S/C18H27N3O4/c1-18(2,3)25-17(24)21-10-4-9-20(11-12-21)16(23)8-6-14-5-7-15(22)19-13-14/h5,7,13H,4,6,8-12H2,1-3H3,(H,19,22). The number of nitrogens with one attached hydrogen (secondary N) is 1. The van der Waals surface area contributed by atoms with Gasteiger partial charge in [0.2, 0.25) is 11.5 Å². The Labute approximate surface area is 148 Å². The van der Waals surface area contributed by atoms with E-state index in [1.54, 1.807) is 22.1 Å². The molecule has 138 valence electrons. The van der Waals surface area contributed by atoms with Gasteiger partial charge in [0.1, 0.15) is 5.60 Å². The summed E-state index contributed by atoms with van der Waals surface area (Å²) in [6, 6.07) is 3.20. The molecule has 0 spiro atoms. The number of aryl methyl sites for hydroxylation is 1. The van der Waals surface area contributed by atoms with Crippen molar-refractivity contribution in [2.45, 2.75) is 45.6 Å². The zero-order valence-electron chi connectivity index (χ0n) is 15.2. The van der Waals surface area contributed by atoms with E-state index >= 15 is 0 Å². The first-order valence-corrected chi connectivity index (χ1v) is 8.68. The summed E-state index contributed by atoms with van der Waals surface area (Å²) < 4.78 is 5.40. The fourth-order valence-corrected chi connectivity index (χ4v) is 2.68. The predicted octanol–water partition coefficient (Wildman–Crippen LogP) is 1.78. The van der Waals surface area contributed by atoms with Crippen molar-refractivity contribution < 1.29 is 14.3 Å². The molecule has 1 aromatic rings. The molecule has 1 aliphatic rings. The molecule has 1 aliphatic heterocycles. The second-order valence-electron chi connectivity index (χ2n) is 7.26. The van der Waals surface area contributed by atoms with Crippen LogP contribution in [0.15, 0.2) is 23.1 Å². The van der Waals surface area contributed by atoms with Gasteiger partial charge in [-0.3, -0.25) is 9.59 Å². The fraction of sp³-hybridized carbons (Fsp3) is 0.611. The van der Waals surface area contributed by atoms with Gasteiger partial charge in [0.05, 0.1) is 0 Å². The Bertz CT molecular complexity index is 643. The molecule has 1 saturated heterocycles. The van der Waals surface area contributed by atoms with Crippen LogP contribution in [0.2, 0.25) is 0 Å². The second-order valence-corrected chi connectivity index (χ2v) is 7.26. The van der Waals surface area contributed by atoms with Crippen molar-refractivity contribution in [3.63, 3.8) is 0 Å². The van der Waals surface area contributed by atoms with Gasteiger partial charge in [0.25, 0.3) is 0 Å². The first-order valence-electron chi connectivity index (χ1n) is 8.68. The van der Waals surface area contributed by atoms with Gasteiger partial charge < -0.3 is 19.5 Å². The third-order valence-corrected chi connectivity index (χ3v) is 3.98. The summed E-state index contributed by atoms with van der Waals surface area (Å²) in [6.45, 7) is 7.77. The molecule has 1 fully saturated rings. The first kappa shape index (κ1) is 19.0. The third kappa shape index (κ3) is 6.25. The highest BCUT2D eigenvalue weighted by atomic mass is 16.6. The molecule has 7 nitrogen and oxygen atoms in total. The molecule has 2 rings (SSSR count). The number of amides is 2. The minimum absolute atomic E-state index is 0.0669. The molecule has 0 aromatic carbocycles. The number of hydrogen-bond acceptors (Lipinski definition) is 4. The molecule has 2 amide bonds. The number of rotatable bonds is 3. The van der Waals surface area contributed by atoms with E-state index in [1.807, 2.05) is 20.8 Å². The van der Waals surface area contributed by atoms with Crippen molar-refractivity contribution in [1.29, 1.82) is 0 Å². The summed E-state index contributed by atoms with van der Waals surface area (Å²) in [5, 5.41) is 0. The lowest BCUT2D eigenvalue weighted by Gasteiger charge is -2.26. The van der Waals surface area contributed by atoms with Crippen LogP contribution in [0.4, 0.5) is 4.79 Å². The smallest absolute Gasteiger partial charge is 0.410 e. The number of carbonyl (C=O) groups excluding carboxylic acids is 2. The molecule has 0 bridgehead atoms. The summed E-state index contributed by atoms with van der Waals surface area (Å²) >= 11 is 0. The molecule has 7 heteroatoms. The van der Waals surface area contributed by atoms with E-state index in [0.717, 1.165) is 12.0 Å². The van der Waals surface area contributed by atoms with Crippen molar-refractivity contribution in [2.24, 2.45) is 0 Å².